The lowest BCUT2D eigenvalue weighted by molar-refractivity contribution is 1.01. The Hall–Kier alpha value is -6.36. The molecular formula is C46H27N3S. The van der Waals surface area contributed by atoms with Crippen LogP contribution in [-0.4, -0.2) is 14.5 Å². The Morgan fingerprint density at radius 2 is 1.16 bits per heavy atom. The monoisotopic (exact) mass is 653 g/mol. The van der Waals surface area contributed by atoms with Crippen LogP contribution in [0.1, 0.15) is 0 Å². The maximum atomic E-state index is 5.53. The van der Waals surface area contributed by atoms with Gasteiger partial charge in [0.15, 0.2) is 0 Å². The second-order valence-electron chi connectivity index (χ2n) is 13.0. The molecule has 232 valence electrons. The number of hydrogen-bond donors (Lipinski definition) is 0. The van der Waals surface area contributed by atoms with Gasteiger partial charge in [0.1, 0.15) is 0 Å². The molecule has 0 aliphatic carbocycles. The number of nitrogens with zero attached hydrogens (tertiary/aromatic N) is 3. The highest BCUT2D eigenvalue weighted by atomic mass is 32.1. The normalized spacial score (nSPS) is 12.0. The van der Waals surface area contributed by atoms with Crippen molar-refractivity contribution in [1.82, 2.24) is 14.5 Å². The van der Waals surface area contributed by atoms with Crippen molar-refractivity contribution in [3.63, 3.8) is 0 Å². The minimum Gasteiger partial charge on any atom is -0.278 e. The molecule has 0 radical (unpaired) electrons. The third-order valence-electron chi connectivity index (χ3n) is 10.2. The maximum absolute atomic E-state index is 5.53. The second-order valence-corrected chi connectivity index (χ2v) is 14.1. The molecule has 50 heavy (non-hydrogen) atoms. The molecule has 0 aliphatic rings. The lowest BCUT2D eigenvalue weighted by atomic mass is 9.99. The lowest BCUT2D eigenvalue weighted by Gasteiger charge is -2.13. The van der Waals surface area contributed by atoms with Crippen LogP contribution in [0.4, 0.5) is 0 Å². The fraction of sp³-hybridized carbons (Fsp3) is 0. The molecule has 4 heteroatoms. The summed E-state index contributed by atoms with van der Waals surface area (Å²) >= 11 is 1.85. The first-order valence-corrected chi connectivity index (χ1v) is 17.7. The van der Waals surface area contributed by atoms with Crippen molar-refractivity contribution >= 4 is 85.8 Å². The van der Waals surface area contributed by atoms with E-state index in [1.54, 1.807) is 0 Å². The number of rotatable bonds is 3. The quantitative estimate of drug-likeness (QED) is 0.190. The standard InChI is InChI=1S/C46H27N3S/c1-2-11-28(12-3-1)32-22-23-39-36(25-32)43-33-16-7-6-13-29(33)21-24-40(43)49(39)46-47-38-19-9-8-17-34(38)45(48-46)35-18-10-20-41-44(35)37-26-30-14-4-5-15-31(30)27-42(37)50-41/h1-27H. The van der Waals surface area contributed by atoms with Crippen LogP contribution >= 0.6 is 11.3 Å². The van der Waals surface area contributed by atoms with Crippen molar-refractivity contribution < 1.29 is 0 Å². The van der Waals surface area contributed by atoms with Crippen molar-refractivity contribution in [2.45, 2.75) is 0 Å². The van der Waals surface area contributed by atoms with E-state index in [4.69, 9.17) is 9.97 Å². The van der Waals surface area contributed by atoms with E-state index in [1.807, 2.05) is 11.3 Å². The Labute approximate surface area is 291 Å². The molecule has 0 atom stereocenters. The van der Waals surface area contributed by atoms with Crippen LogP contribution < -0.4 is 0 Å². The van der Waals surface area contributed by atoms with Crippen LogP contribution in [0, 0.1) is 0 Å². The first-order chi connectivity index (χ1) is 24.8. The molecule has 0 fully saturated rings. The summed E-state index contributed by atoms with van der Waals surface area (Å²) in [6, 6.07) is 58.9. The summed E-state index contributed by atoms with van der Waals surface area (Å²) < 4.78 is 4.81. The van der Waals surface area contributed by atoms with E-state index in [0.29, 0.717) is 5.95 Å². The number of thiophene rings is 1. The zero-order valence-electron chi connectivity index (χ0n) is 26.8. The first-order valence-electron chi connectivity index (χ1n) is 16.9. The highest BCUT2D eigenvalue weighted by molar-refractivity contribution is 7.26. The zero-order valence-corrected chi connectivity index (χ0v) is 27.7. The first kappa shape index (κ1) is 27.6. The molecule has 3 aromatic heterocycles. The molecule has 0 amide bonds. The van der Waals surface area contributed by atoms with Gasteiger partial charge in [0.25, 0.3) is 0 Å². The van der Waals surface area contributed by atoms with E-state index in [1.165, 1.54) is 63.6 Å². The van der Waals surface area contributed by atoms with Crippen LogP contribution in [0.5, 0.6) is 0 Å². The number of fused-ring (bicyclic) bond motifs is 10. The predicted molar refractivity (Wildman–Crippen MR) is 213 cm³/mol. The molecule has 3 nitrogen and oxygen atoms in total. The average molecular weight is 654 g/mol. The fourth-order valence-electron chi connectivity index (χ4n) is 7.89. The van der Waals surface area contributed by atoms with Gasteiger partial charge in [-0.25, -0.2) is 9.97 Å². The number of benzene rings is 8. The highest BCUT2D eigenvalue weighted by Crippen LogP contribution is 2.44. The van der Waals surface area contributed by atoms with E-state index >= 15 is 0 Å². The van der Waals surface area contributed by atoms with Crippen LogP contribution in [0.3, 0.4) is 0 Å². The molecule has 8 aromatic carbocycles. The van der Waals surface area contributed by atoms with Gasteiger partial charge >= 0.3 is 0 Å². The summed E-state index contributed by atoms with van der Waals surface area (Å²) in [4.78, 5) is 10.8. The molecule has 0 bridgehead atoms. The summed E-state index contributed by atoms with van der Waals surface area (Å²) in [7, 11) is 0. The Kier molecular flexibility index (Phi) is 5.83. The van der Waals surface area contributed by atoms with Gasteiger partial charge in [-0.3, -0.25) is 4.57 Å². The molecule has 0 spiro atoms. The molecule has 11 aromatic rings. The smallest absolute Gasteiger partial charge is 0.235 e. The average Bonchev–Trinajstić information content (AvgIpc) is 3.72. The van der Waals surface area contributed by atoms with Gasteiger partial charge in [0.2, 0.25) is 5.95 Å². The van der Waals surface area contributed by atoms with E-state index in [9.17, 15) is 0 Å². The fourth-order valence-corrected chi connectivity index (χ4v) is 9.06. The summed E-state index contributed by atoms with van der Waals surface area (Å²) in [5.41, 5.74) is 7.56. The van der Waals surface area contributed by atoms with Crippen molar-refractivity contribution in [3.8, 4) is 28.3 Å². The second kappa shape index (κ2) is 10.6. The molecule has 0 N–H and O–H groups in total. The van der Waals surface area contributed by atoms with Gasteiger partial charge in [-0.15, -0.1) is 11.3 Å². The SMILES string of the molecule is c1ccc(-c2ccc3c(c2)c2c4ccccc4ccc2n3-c2nc(-c3cccc4sc5cc6ccccc6cc5c34)c3ccccc3n2)cc1. The predicted octanol–water partition coefficient (Wildman–Crippen LogP) is 12.7. The lowest BCUT2D eigenvalue weighted by Crippen LogP contribution is -2.03. The van der Waals surface area contributed by atoms with E-state index in [0.717, 1.165) is 33.2 Å². The Bertz CT molecular complexity index is 3150. The van der Waals surface area contributed by atoms with Gasteiger partial charge < -0.3 is 0 Å². The Morgan fingerprint density at radius 3 is 2.04 bits per heavy atom. The van der Waals surface area contributed by atoms with Gasteiger partial charge in [-0.05, 0) is 75.1 Å². The van der Waals surface area contributed by atoms with E-state index in [-0.39, 0.29) is 0 Å². The molecule has 0 aliphatic heterocycles. The van der Waals surface area contributed by atoms with Crippen molar-refractivity contribution in [2.24, 2.45) is 0 Å². The van der Waals surface area contributed by atoms with Crippen LogP contribution in [0.15, 0.2) is 164 Å². The third kappa shape index (κ3) is 4.03. The van der Waals surface area contributed by atoms with Crippen LogP contribution in [-0.2, 0) is 0 Å². The largest absolute Gasteiger partial charge is 0.278 e. The summed E-state index contributed by atoms with van der Waals surface area (Å²) in [5.74, 6) is 0.670. The van der Waals surface area contributed by atoms with Crippen LogP contribution in [0.2, 0.25) is 0 Å². The molecular weight excluding hydrogens is 627 g/mol. The third-order valence-corrected chi connectivity index (χ3v) is 11.3. The molecule has 11 rings (SSSR count). The van der Waals surface area contributed by atoms with Gasteiger partial charge in [-0.2, -0.15) is 0 Å². The molecule has 0 unspecified atom stereocenters. The number of hydrogen-bond acceptors (Lipinski definition) is 3. The van der Waals surface area contributed by atoms with Crippen molar-refractivity contribution in [2.75, 3.05) is 0 Å². The van der Waals surface area contributed by atoms with Crippen molar-refractivity contribution in [3.05, 3.63) is 164 Å². The van der Waals surface area contributed by atoms with E-state index < -0.39 is 0 Å². The minimum absolute atomic E-state index is 0.670. The highest BCUT2D eigenvalue weighted by Gasteiger charge is 2.21. The summed E-state index contributed by atoms with van der Waals surface area (Å²) in [6.45, 7) is 0. The maximum Gasteiger partial charge on any atom is 0.235 e. The topological polar surface area (TPSA) is 30.7 Å². The van der Waals surface area contributed by atoms with Gasteiger partial charge in [-0.1, -0.05) is 121 Å². The van der Waals surface area contributed by atoms with E-state index in [2.05, 4.69) is 168 Å². The van der Waals surface area contributed by atoms with Crippen molar-refractivity contribution in [1.29, 1.82) is 0 Å². The number of aromatic nitrogens is 3. The van der Waals surface area contributed by atoms with Crippen LogP contribution in [0.25, 0.3) is 103 Å². The summed E-state index contributed by atoms with van der Waals surface area (Å²) in [6.07, 6.45) is 0. The zero-order chi connectivity index (χ0) is 32.8. The minimum atomic E-state index is 0.670. The number of para-hydroxylation sites is 1. The Balaban J connectivity index is 1.24. The Morgan fingerprint density at radius 1 is 0.420 bits per heavy atom. The molecule has 3 heterocycles. The summed E-state index contributed by atoms with van der Waals surface area (Å²) in [5, 5.41) is 10.9. The van der Waals surface area contributed by atoms with Gasteiger partial charge in [0, 0.05) is 41.9 Å². The molecule has 0 saturated carbocycles. The molecule has 0 saturated heterocycles. The van der Waals surface area contributed by atoms with Gasteiger partial charge in [0.05, 0.1) is 22.2 Å².